The molecule has 25 heavy (non-hydrogen) atoms. The van der Waals surface area contributed by atoms with E-state index in [9.17, 15) is 4.79 Å². The van der Waals surface area contributed by atoms with Crippen LogP contribution in [0, 0.1) is 6.92 Å². The molecule has 1 heterocycles. The minimum atomic E-state index is -0.198. The van der Waals surface area contributed by atoms with Gasteiger partial charge in [0.25, 0.3) is 0 Å². The summed E-state index contributed by atoms with van der Waals surface area (Å²) in [7, 11) is 3.67. The Hall–Kier alpha value is -2.33. The maximum absolute atomic E-state index is 12.8. The molecule has 2 aromatic rings. The van der Waals surface area contributed by atoms with Crippen LogP contribution in [0.1, 0.15) is 17.2 Å². The molecule has 1 fully saturated rings. The fraction of sp³-hybridized carbons (Fsp3) is 0.381. The number of aryl methyl sites for hydroxylation is 1. The monoisotopic (exact) mass is 337 g/mol. The third-order valence-corrected chi connectivity index (χ3v) is 4.84. The number of carbonyl (C=O) groups excluding carboxylic acids is 1. The minimum absolute atomic E-state index is 0.148. The predicted molar refractivity (Wildman–Crippen MR) is 103 cm³/mol. The molecule has 0 aromatic heterocycles. The van der Waals surface area contributed by atoms with E-state index in [0.717, 1.165) is 31.7 Å². The first kappa shape index (κ1) is 17.5. The van der Waals surface area contributed by atoms with E-state index in [-0.39, 0.29) is 11.9 Å². The summed E-state index contributed by atoms with van der Waals surface area (Å²) in [5.41, 5.74) is 3.63. The number of likely N-dealkylation sites (N-methyl/N-ethyl adjacent to an activating group) is 1. The van der Waals surface area contributed by atoms with Gasteiger partial charge in [-0.3, -0.25) is 9.69 Å². The molecule has 3 rings (SSSR count). The van der Waals surface area contributed by atoms with Gasteiger partial charge in [-0.25, -0.2) is 0 Å². The Morgan fingerprint density at radius 2 is 1.64 bits per heavy atom. The second kappa shape index (κ2) is 7.70. The van der Waals surface area contributed by atoms with Gasteiger partial charge >= 0.3 is 0 Å². The molecule has 1 aliphatic heterocycles. The highest BCUT2D eigenvalue weighted by Crippen LogP contribution is 2.26. The van der Waals surface area contributed by atoms with E-state index < -0.39 is 0 Å². The number of hydrogen-bond donors (Lipinski definition) is 0. The molecule has 0 bridgehead atoms. The van der Waals surface area contributed by atoms with Crippen LogP contribution in [0.25, 0.3) is 0 Å². The number of benzene rings is 2. The molecule has 0 radical (unpaired) electrons. The van der Waals surface area contributed by atoms with Crippen molar-refractivity contribution in [1.82, 2.24) is 9.80 Å². The molecule has 0 spiro atoms. The van der Waals surface area contributed by atoms with Crippen molar-refractivity contribution in [3.63, 3.8) is 0 Å². The Labute approximate surface area is 150 Å². The van der Waals surface area contributed by atoms with Gasteiger partial charge in [0.2, 0.25) is 5.91 Å². The standard InChI is InChI=1S/C21H27N3O/c1-17-8-7-11-19(16-17)23-12-14-24(15-13-23)20(21(25)22(2)3)18-9-5-4-6-10-18/h4-11,16,20H,12-15H2,1-3H3. The van der Waals surface area contributed by atoms with Crippen molar-refractivity contribution in [2.24, 2.45) is 0 Å². The smallest absolute Gasteiger partial charge is 0.244 e. The molecule has 1 unspecified atom stereocenters. The van der Waals surface area contributed by atoms with Gasteiger partial charge in [0.15, 0.2) is 0 Å². The predicted octanol–water partition coefficient (Wildman–Crippen LogP) is 2.95. The number of amides is 1. The average molecular weight is 337 g/mol. The van der Waals surface area contributed by atoms with Gasteiger partial charge in [-0.2, -0.15) is 0 Å². The molecular formula is C21H27N3O. The summed E-state index contributed by atoms with van der Waals surface area (Å²) in [5, 5.41) is 0. The maximum Gasteiger partial charge on any atom is 0.244 e. The summed E-state index contributed by atoms with van der Waals surface area (Å²) in [6.07, 6.45) is 0. The van der Waals surface area contributed by atoms with Crippen molar-refractivity contribution in [1.29, 1.82) is 0 Å². The summed E-state index contributed by atoms with van der Waals surface area (Å²) in [6, 6.07) is 18.6. The van der Waals surface area contributed by atoms with E-state index in [1.54, 1.807) is 4.90 Å². The molecule has 1 amide bonds. The third-order valence-electron chi connectivity index (χ3n) is 4.84. The van der Waals surface area contributed by atoms with E-state index in [0.29, 0.717) is 0 Å². The highest BCUT2D eigenvalue weighted by atomic mass is 16.2. The van der Waals surface area contributed by atoms with Crippen LogP contribution in [-0.2, 0) is 4.79 Å². The molecule has 4 heteroatoms. The Kier molecular flexibility index (Phi) is 5.39. The van der Waals surface area contributed by atoms with Gasteiger partial charge in [-0.15, -0.1) is 0 Å². The largest absolute Gasteiger partial charge is 0.369 e. The van der Waals surface area contributed by atoms with Crippen molar-refractivity contribution in [2.45, 2.75) is 13.0 Å². The van der Waals surface area contributed by atoms with E-state index in [4.69, 9.17) is 0 Å². The van der Waals surface area contributed by atoms with Crippen molar-refractivity contribution < 1.29 is 4.79 Å². The van der Waals surface area contributed by atoms with Gasteiger partial charge in [-0.05, 0) is 30.2 Å². The zero-order valence-corrected chi connectivity index (χ0v) is 15.4. The van der Waals surface area contributed by atoms with Crippen molar-refractivity contribution in [3.05, 3.63) is 65.7 Å². The number of rotatable bonds is 4. The lowest BCUT2D eigenvalue weighted by atomic mass is 10.0. The zero-order chi connectivity index (χ0) is 17.8. The first-order valence-electron chi connectivity index (χ1n) is 8.88. The van der Waals surface area contributed by atoms with Gasteiger partial charge in [0.05, 0.1) is 0 Å². The quantitative estimate of drug-likeness (QED) is 0.858. The third kappa shape index (κ3) is 4.02. The van der Waals surface area contributed by atoms with Crippen LogP contribution in [0.5, 0.6) is 0 Å². The van der Waals surface area contributed by atoms with Crippen molar-refractivity contribution in [2.75, 3.05) is 45.2 Å². The second-order valence-electron chi connectivity index (χ2n) is 6.91. The lowest BCUT2D eigenvalue weighted by molar-refractivity contribution is -0.134. The van der Waals surface area contributed by atoms with Gasteiger partial charge in [0, 0.05) is 46.0 Å². The minimum Gasteiger partial charge on any atom is -0.369 e. The van der Waals surface area contributed by atoms with Crippen LogP contribution in [-0.4, -0.2) is 56.0 Å². The van der Waals surface area contributed by atoms with Gasteiger partial charge < -0.3 is 9.80 Å². The lowest BCUT2D eigenvalue weighted by Gasteiger charge is -2.40. The van der Waals surface area contributed by atoms with Crippen LogP contribution in [0.2, 0.25) is 0 Å². The summed E-state index contributed by atoms with van der Waals surface area (Å²) in [5.74, 6) is 0.148. The summed E-state index contributed by atoms with van der Waals surface area (Å²) >= 11 is 0. The van der Waals surface area contributed by atoms with Crippen molar-refractivity contribution >= 4 is 11.6 Å². The molecule has 4 nitrogen and oxygen atoms in total. The first-order valence-corrected chi connectivity index (χ1v) is 8.88. The maximum atomic E-state index is 12.8. The van der Waals surface area contributed by atoms with Gasteiger partial charge in [0.1, 0.15) is 6.04 Å². The molecular weight excluding hydrogens is 310 g/mol. The SMILES string of the molecule is Cc1cccc(N2CCN(C(C(=O)N(C)C)c3ccccc3)CC2)c1. The lowest BCUT2D eigenvalue weighted by Crippen LogP contribution is -2.51. The molecule has 1 atom stereocenters. The highest BCUT2D eigenvalue weighted by molar-refractivity contribution is 5.83. The average Bonchev–Trinajstić information content (AvgIpc) is 2.63. The summed E-state index contributed by atoms with van der Waals surface area (Å²) in [6.45, 7) is 5.77. The molecule has 0 aliphatic carbocycles. The van der Waals surface area contributed by atoms with E-state index in [1.165, 1.54) is 11.3 Å². The Bertz CT molecular complexity index is 706. The second-order valence-corrected chi connectivity index (χ2v) is 6.91. The highest BCUT2D eigenvalue weighted by Gasteiger charge is 2.31. The van der Waals surface area contributed by atoms with E-state index >= 15 is 0 Å². The van der Waals surface area contributed by atoms with Crippen LogP contribution in [0.3, 0.4) is 0 Å². The number of hydrogen-bond acceptors (Lipinski definition) is 3. The summed E-state index contributed by atoms with van der Waals surface area (Å²) < 4.78 is 0. The van der Waals surface area contributed by atoms with E-state index in [2.05, 4.69) is 53.1 Å². The first-order chi connectivity index (χ1) is 12.1. The van der Waals surface area contributed by atoms with Crippen LogP contribution in [0.15, 0.2) is 54.6 Å². The Balaban J connectivity index is 1.75. The summed E-state index contributed by atoms with van der Waals surface area (Å²) in [4.78, 5) is 19.2. The zero-order valence-electron chi connectivity index (χ0n) is 15.4. The number of piperazine rings is 1. The van der Waals surface area contributed by atoms with Gasteiger partial charge in [-0.1, -0.05) is 42.5 Å². The molecule has 1 aliphatic rings. The van der Waals surface area contributed by atoms with Crippen LogP contribution in [0.4, 0.5) is 5.69 Å². The number of anilines is 1. The van der Waals surface area contributed by atoms with E-state index in [1.807, 2.05) is 32.3 Å². The van der Waals surface area contributed by atoms with Crippen molar-refractivity contribution in [3.8, 4) is 0 Å². The normalized spacial score (nSPS) is 16.5. The molecule has 0 N–H and O–H groups in total. The number of nitrogens with zero attached hydrogens (tertiary/aromatic N) is 3. The number of carbonyl (C=O) groups is 1. The molecule has 1 saturated heterocycles. The van der Waals surface area contributed by atoms with Crippen LogP contribution >= 0.6 is 0 Å². The fourth-order valence-corrected chi connectivity index (χ4v) is 3.45. The molecule has 132 valence electrons. The molecule has 0 saturated carbocycles. The molecule has 2 aromatic carbocycles. The Morgan fingerprint density at radius 3 is 2.24 bits per heavy atom. The Morgan fingerprint density at radius 1 is 0.960 bits per heavy atom. The van der Waals surface area contributed by atoms with Crippen LogP contribution < -0.4 is 4.90 Å². The topological polar surface area (TPSA) is 26.8 Å². The fourth-order valence-electron chi connectivity index (χ4n) is 3.45.